The maximum Gasteiger partial charge on any atom is 0.137 e. The summed E-state index contributed by atoms with van der Waals surface area (Å²) in [6.45, 7) is 35.8. The molecule has 5 nitrogen and oxygen atoms in total. The van der Waals surface area contributed by atoms with Gasteiger partial charge in [-0.2, -0.15) is 0 Å². The van der Waals surface area contributed by atoms with Crippen LogP contribution in [0.4, 0.5) is 17.1 Å². The molecule has 350 valence electrons. The maximum atomic E-state index is 6.87. The Kier molecular flexibility index (Phi) is 11.5. The molecule has 0 radical (unpaired) electrons. The van der Waals surface area contributed by atoms with E-state index in [0.717, 1.165) is 40.6 Å². The molecule has 1 aliphatic rings. The molecule has 0 atom stereocenters. The average molecular weight is 901 g/mol. The van der Waals surface area contributed by atoms with Crippen LogP contribution < -0.4 is 14.5 Å². The van der Waals surface area contributed by atoms with Crippen molar-refractivity contribution < 1.29 is 4.74 Å². The smallest absolute Gasteiger partial charge is 0.137 e. The summed E-state index contributed by atoms with van der Waals surface area (Å²) in [5, 5.41) is 2.39. The first-order valence-corrected chi connectivity index (χ1v) is 24.6. The first kappa shape index (κ1) is 46.8. The molecule has 3 heterocycles. The quantitative estimate of drug-likeness (QED) is 0.160. The molecule has 8 aromatic rings. The zero-order valence-electron chi connectivity index (χ0n) is 43.4. The van der Waals surface area contributed by atoms with Crippen LogP contribution in [0.15, 0.2) is 140 Å². The molecule has 9 rings (SSSR count). The van der Waals surface area contributed by atoms with Crippen molar-refractivity contribution in [2.45, 2.75) is 137 Å². The zero-order chi connectivity index (χ0) is 48.7. The number of fused-ring (bicyclic) bond motifs is 4. The summed E-state index contributed by atoms with van der Waals surface area (Å²) >= 11 is 0. The number of benzene rings is 6. The lowest BCUT2D eigenvalue weighted by Crippen LogP contribution is -2.27. The SMILES string of the molecule is CC(C)(C)c1cccc(-c2cc(CN3CN(c4cccc(Oc5ccc6c7cc(C(C)(C)C)ccc7n(-c7cc(C(C)(C)C)ccn7)c6c5)c4)c4cc(C(C)(C)C)ccc43)cc(C(C)(C)C)c2)c1. The molecule has 0 bridgehead atoms. The summed E-state index contributed by atoms with van der Waals surface area (Å²) in [6, 6.07) is 49.8. The van der Waals surface area contributed by atoms with Crippen LogP contribution in [-0.2, 0) is 33.6 Å². The second-order valence-corrected chi connectivity index (χ2v) is 24.5. The molecule has 2 aromatic heterocycles. The van der Waals surface area contributed by atoms with Crippen LogP contribution in [-0.4, -0.2) is 16.2 Å². The molecule has 0 N–H and O–H groups in total. The Morgan fingerprint density at radius 3 is 1.78 bits per heavy atom. The molecule has 1 aliphatic heterocycles. The van der Waals surface area contributed by atoms with Crippen LogP contribution in [0.2, 0.25) is 0 Å². The predicted octanol–water partition coefficient (Wildman–Crippen LogP) is 17.2. The number of nitrogens with zero attached hydrogens (tertiary/aromatic N) is 4. The summed E-state index contributed by atoms with van der Waals surface area (Å²) in [5.74, 6) is 2.48. The van der Waals surface area contributed by atoms with Gasteiger partial charge in [0, 0.05) is 41.3 Å². The van der Waals surface area contributed by atoms with Crippen LogP contribution in [0.25, 0.3) is 38.8 Å². The van der Waals surface area contributed by atoms with E-state index in [-0.39, 0.29) is 27.1 Å². The van der Waals surface area contributed by atoms with E-state index in [4.69, 9.17) is 9.72 Å². The van der Waals surface area contributed by atoms with Crippen LogP contribution in [0.1, 0.15) is 137 Å². The van der Waals surface area contributed by atoms with E-state index in [1.807, 2.05) is 6.20 Å². The number of ether oxygens (including phenoxy) is 1. The number of pyridine rings is 1. The number of rotatable bonds is 7. The Bertz CT molecular complexity index is 3190. The van der Waals surface area contributed by atoms with E-state index in [2.05, 4.69) is 252 Å². The largest absolute Gasteiger partial charge is 0.457 e. The minimum Gasteiger partial charge on any atom is -0.457 e. The predicted molar refractivity (Wildman–Crippen MR) is 290 cm³/mol. The Labute approximate surface area is 406 Å². The molecule has 6 aromatic carbocycles. The van der Waals surface area contributed by atoms with Gasteiger partial charge >= 0.3 is 0 Å². The van der Waals surface area contributed by atoms with E-state index in [1.165, 1.54) is 66.7 Å². The molecule has 0 fully saturated rings. The lowest BCUT2D eigenvalue weighted by Gasteiger charge is -2.25. The first-order valence-electron chi connectivity index (χ1n) is 24.6. The van der Waals surface area contributed by atoms with E-state index in [9.17, 15) is 0 Å². The van der Waals surface area contributed by atoms with E-state index >= 15 is 0 Å². The number of anilines is 3. The molecule has 0 spiro atoms. The van der Waals surface area contributed by atoms with Gasteiger partial charge in [-0.25, -0.2) is 4.98 Å². The normalized spacial score (nSPS) is 13.8. The third kappa shape index (κ3) is 9.29. The number of hydrogen-bond acceptors (Lipinski definition) is 4. The van der Waals surface area contributed by atoms with Crippen molar-refractivity contribution in [3.05, 3.63) is 173 Å². The van der Waals surface area contributed by atoms with Gasteiger partial charge in [0.15, 0.2) is 0 Å². The average Bonchev–Trinajstić information content (AvgIpc) is 3.79. The van der Waals surface area contributed by atoms with Crippen molar-refractivity contribution in [2.24, 2.45) is 0 Å². The molecule has 0 saturated carbocycles. The van der Waals surface area contributed by atoms with Gasteiger partial charge in [-0.1, -0.05) is 158 Å². The molecular formula is C63H72N4O. The van der Waals surface area contributed by atoms with Gasteiger partial charge in [0.2, 0.25) is 0 Å². The minimum absolute atomic E-state index is 0.00435. The first-order chi connectivity index (χ1) is 31.8. The monoisotopic (exact) mass is 901 g/mol. The Hall–Kier alpha value is -6.33. The van der Waals surface area contributed by atoms with Gasteiger partial charge in [0.1, 0.15) is 17.3 Å². The van der Waals surface area contributed by atoms with Crippen molar-refractivity contribution in [1.82, 2.24) is 9.55 Å². The van der Waals surface area contributed by atoms with Gasteiger partial charge in [-0.3, -0.25) is 4.57 Å². The second-order valence-electron chi connectivity index (χ2n) is 24.5. The lowest BCUT2D eigenvalue weighted by atomic mass is 9.82. The van der Waals surface area contributed by atoms with Crippen LogP contribution in [0.3, 0.4) is 0 Å². The molecular weight excluding hydrogens is 829 g/mol. The topological polar surface area (TPSA) is 33.5 Å². The van der Waals surface area contributed by atoms with Crippen LogP contribution in [0, 0.1) is 0 Å². The highest BCUT2D eigenvalue weighted by Gasteiger charge is 2.30. The molecule has 68 heavy (non-hydrogen) atoms. The number of hydrogen-bond donors (Lipinski definition) is 0. The van der Waals surface area contributed by atoms with Gasteiger partial charge < -0.3 is 14.5 Å². The fourth-order valence-electron chi connectivity index (χ4n) is 9.56. The highest BCUT2D eigenvalue weighted by Crippen LogP contribution is 2.46. The maximum absolute atomic E-state index is 6.87. The highest BCUT2D eigenvalue weighted by atomic mass is 16.5. The molecule has 0 saturated heterocycles. The molecule has 5 heteroatoms. The summed E-state index contributed by atoms with van der Waals surface area (Å²) in [4.78, 5) is 9.96. The minimum atomic E-state index is -0.0175. The molecule has 0 aliphatic carbocycles. The van der Waals surface area contributed by atoms with Gasteiger partial charge in [0.25, 0.3) is 0 Å². The standard InChI is InChI=1S/C63H72N4O/c1-59(2,3)44-19-16-18-42(32-44)43-30-41(31-48(33-43)63(13,14)15)39-65-40-66(57-35-46(61(7,8)9)23-27-55(57)65)49-20-17-21-50(37-49)68-51-24-25-52-53-34-45(60(4,5)6)22-26-54(53)67(56(52)38-51)58-36-47(28-29-64-58)62(10,11)12/h16-38H,39-40H2,1-15H3. The van der Waals surface area contributed by atoms with E-state index in [0.29, 0.717) is 6.67 Å². The highest BCUT2D eigenvalue weighted by molar-refractivity contribution is 6.09. The fourth-order valence-corrected chi connectivity index (χ4v) is 9.56. The molecule has 0 amide bonds. The van der Waals surface area contributed by atoms with E-state index in [1.54, 1.807) is 0 Å². The van der Waals surface area contributed by atoms with Gasteiger partial charge in [0.05, 0.1) is 29.1 Å². The van der Waals surface area contributed by atoms with Crippen molar-refractivity contribution in [3.8, 4) is 28.4 Å². The Morgan fingerprint density at radius 1 is 0.456 bits per heavy atom. The van der Waals surface area contributed by atoms with Crippen molar-refractivity contribution in [2.75, 3.05) is 16.5 Å². The van der Waals surface area contributed by atoms with Crippen LogP contribution in [0.5, 0.6) is 11.5 Å². The lowest BCUT2D eigenvalue weighted by molar-refractivity contribution is 0.483. The third-order valence-electron chi connectivity index (χ3n) is 13.9. The number of aromatic nitrogens is 2. The van der Waals surface area contributed by atoms with Crippen LogP contribution >= 0.6 is 0 Å². The third-order valence-corrected chi connectivity index (χ3v) is 13.9. The fraction of sp³-hybridized carbons (Fsp3) is 0.349. The zero-order valence-corrected chi connectivity index (χ0v) is 43.4. The van der Waals surface area contributed by atoms with Crippen molar-refractivity contribution >= 4 is 38.9 Å². The van der Waals surface area contributed by atoms with Gasteiger partial charge in [-0.05, 0) is 138 Å². The van der Waals surface area contributed by atoms with Crippen molar-refractivity contribution in [1.29, 1.82) is 0 Å². The summed E-state index contributed by atoms with van der Waals surface area (Å²) in [5.41, 5.74) is 16.2. The summed E-state index contributed by atoms with van der Waals surface area (Å²) in [6.07, 6.45) is 1.94. The van der Waals surface area contributed by atoms with Gasteiger partial charge in [-0.15, -0.1) is 0 Å². The summed E-state index contributed by atoms with van der Waals surface area (Å²) < 4.78 is 9.18. The second kappa shape index (κ2) is 16.7. The van der Waals surface area contributed by atoms with Crippen molar-refractivity contribution in [3.63, 3.8) is 0 Å². The Morgan fingerprint density at radius 2 is 1.07 bits per heavy atom. The van der Waals surface area contributed by atoms with E-state index < -0.39 is 0 Å². The summed E-state index contributed by atoms with van der Waals surface area (Å²) in [7, 11) is 0. The molecule has 0 unspecified atom stereocenters. The Balaban J connectivity index is 1.08.